The summed E-state index contributed by atoms with van der Waals surface area (Å²) in [7, 11) is 1.71. The summed E-state index contributed by atoms with van der Waals surface area (Å²) in [5, 5.41) is 9.37. The molecule has 3 rings (SSSR count). The lowest BCUT2D eigenvalue weighted by atomic mass is 10.1. The van der Waals surface area contributed by atoms with Crippen molar-refractivity contribution in [1.29, 1.82) is 0 Å². The summed E-state index contributed by atoms with van der Waals surface area (Å²) in [5.41, 5.74) is -0.956. The van der Waals surface area contributed by atoms with E-state index in [1.807, 2.05) is 0 Å². The number of guanidine groups is 1. The normalized spacial score (nSPS) is 19.8. The second kappa shape index (κ2) is 8.73. The molecule has 0 radical (unpaired) electrons. The maximum Gasteiger partial charge on any atom is 0.433 e. The Morgan fingerprint density at radius 2 is 1.96 bits per heavy atom. The SMILES string of the molecule is CN=C(NCCNc1nccc(C(F)(F)F)n1)NC1CCN(C2CC2)CC1. The monoisotopic (exact) mass is 385 g/mol. The van der Waals surface area contributed by atoms with Gasteiger partial charge in [0.2, 0.25) is 5.95 Å². The van der Waals surface area contributed by atoms with Crippen LogP contribution in [0.3, 0.4) is 0 Å². The standard InChI is InChI=1S/C17H26F3N7/c1-21-15(25-12-5-10-27(11-6-12)13-2-3-13)23-8-9-24-16-22-7-4-14(26-16)17(18,19)20/h4,7,12-13H,2-3,5-6,8-11H2,1H3,(H2,21,23,25)(H,22,24,26). The summed E-state index contributed by atoms with van der Waals surface area (Å²) >= 11 is 0. The van der Waals surface area contributed by atoms with Crippen molar-refractivity contribution >= 4 is 11.9 Å². The number of anilines is 1. The molecule has 3 N–H and O–H groups in total. The minimum absolute atomic E-state index is 0.0398. The Kier molecular flexibility index (Phi) is 6.35. The summed E-state index contributed by atoms with van der Waals surface area (Å²) in [4.78, 5) is 14.1. The lowest BCUT2D eigenvalue weighted by molar-refractivity contribution is -0.141. The maximum atomic E-state index is 12.6. The molecule has 7 nitrogen and oxygen atoms in total. The highest BCUT2D eigenvalue weighted by Gasteiger charge is 2.33. The van der Waals surface area contributed by atoms with Gasteiger partial charge in [-0.3, -0.25) is 4.99 Å². The summed E-state index contributed by atoms with van der Waals surface area (Å²) in [6, 6.07) is 2.06. The number of rotatable bonds is 6. The topological polar surface area (TPSA) is 77.5 Å². The first-order chi connectivity index (χ1) is 13.0. The molecule has 2 aliphatic rings. The number of alkyl halides is 3. The molecule has 1 saturated carbocycles. The van der Waals surface area contributed by atoms with E-state index in [0.29, 0.717) is 25.1 Å². The second-order valence-electron chi connectivity index (χ2n) is 6.87. The predicted molar refractivity (Wildman–Crippen MR) is 97.6 cm³/mol. The molecule has 0 unspecified atom stereocenters. The number of aliphatic imine (C=N–C) groups is 1. The fourth-order valence-electron chi connectivity index (χ4n) is 3.19. The van der Waals surface area contributed by atoms with Crippen LogP contribution in [0.5, 0.6) is 0 Å². The quantitative estimate of drug-likeness (QED) is 0.393. The number of nitrogens with one attached hydrogen (secondary N) is 3. The maximum absolute atomic E-state index is 12.6. The van der Waals surface area contributed by atoms with E-state index in [1.165, 1.54) is 12.8 Å². The van der Waals surface area contributed by atoms with Crippen molar-refractivity contribution < 1.29 is 13.2 Å². The average Bonchev–Trinajstić information content (AvgIpc) is 3.49. The average molecular weight is 385 g/mol. The third kappa shape index (κ3) is 5.95. The zero-order valence-electron chi connectivity index (χ0n) is 15.4. The van der Waals surface area contributed by atoms with Crippen LogP contribution in [0.15, 0.2) is 17.3 Å². The van der Waals surface area contributed by atoms with Crippen molar-refractivity contribution in [3.8, 4) is 0 Å². The van der Waals surface area contributed by atoms with E-state index in [1.54, 1.807) is 7.05 Å². The van der Waals surface area contributed by atoms with E-state index in [9.17, 15) is 13.2 Å². The van der Waals surface area contributed by atoms with Crippen molar-refractivity contribution in [2.24, 2.45) is 4.99 Å². The lowest BCUT2D eigenvalue weighted by Crippen LogP contribution is -2.49. The van der Waals surface area contributed by atoms with Crippen LogP contribution < -0.4 is 16.0 Å². The van der Waals surface area contributed by atoms with E-state index in [0.717, 1.165) is 44.2 Å². The molecule has 0 atom stereocenters. The zero-order valence-corrected chi connectivity index (χ0v) is 15.4. The molecular formula is C17H26F3N7. The number of aromatic nitrogens is 2. The number of nitrogens with zero attached hydrogens (tertiary/aromatic N) is 4. The van der Waals surface area contributed by atoms with Gasteiger partial charge in [-0.1, -0.05) is 0 Å². The van der Waals surface area contributed by atoms with Crippen molar-refractivity contribution in [2.75, 3.05) is 38.5 Å². The molecular weight excluding hydrogens is 359 g/mol. The number of halogens is 3. The molecule has 1 aromatic rings. The van der Waals surface area contributed by atoms with Gasteiger partial charge in [-0.2, -0.15) is 13.2 Å². The molecule has 0 aromatic carbocycles. The molecule has 10 heteroatoms. The van der Waals surface area contributed by atoms with E-state index in [4.69, 9.17) is 0 Å². The van der Waals surface area contributed by atoms with Gasteiger partial charge in [0.1, 0.15) is 5.69 Å². The smallest absolute Gasteiger partial charge is 0.355 e. The third-order valence-corrected chi connectivity index (χ3v) is 4.80. The van der Waals surface area contributed by atoms with Crippen LogP contribution in [-0.4, -0.2) is 66.1 Å². The lowest BCUT2D eigenvalue weighted by Gasteiger charge is -2.33. The Hall–Kier alpha value is -2.10. The first-order valence-corrected chi connectivity index (χ1v) is 9.31. The molecule has 2 heterocycles. The van der Waals surface area contributed by atoms with Crippen LogP contribution in [0, 0.1) is 0 Å². The second-order valence-corrected chi connectivity index (χ2v) is 6.87. The van der Waals surface area contributed by atoms with Crippen molar-refractivity contribution in [2.45, 2.75) is 43.9 Å². The molecule has 27 heavy (non-hydrogen) atoms. The first kappa shape index (κ1) is 19.7. The summed E-state index contributed by atoms with van der Waals surface area (Å²) in [6.07, 6.45) is 1.48. The highest BCUT2D eigenvalue weighted by Crippen LogP contribution is 2.29. The van der Waals surface area contributed by atoms with Crippen LogP contribution in [0.2, 0.25) is 0 Å². The number of hydrogen-bond donors (Lipinski definition) is 3. The van der Waals surface area contributed by atoms with E-state index in [2.05, 4.69) is 35.8 Å². The molecule has 1 aliphatic heterocycles. The van der Waals surface area contributed by atoms with Gasteiger partial charge in [0.05, 0.1) is 0 Å². The third-order valence-electron chi connectivity index (χ3n) is 4.80. The van der Waals surface area contributed by atoms with Gasteiger partial charge in [-0.15, -0.1) is 0 Å². The number of hydrogen-bond acceptors (Lipinski definition) is 5. The minimum atomic E-state index is -4.47. The molecule has 1 saturated heterocycles. The van der Waals surface area contributed by atoms with Crippen molar-refractivity contribution in [3.63, 3.8) is 0 Å². The van der Waals surface area contributed by atoms with Crippen LogP contribution >= 0.6 is 0 Å². The zero-order chi connectivity index (χ0) is 19.3. The van der Waals surface area contributed by atoms with Gasteiger partial charge in [-0.05, 0) is 31.7 Å². The summed E-state index contributed by atoms with van der Waals surface area (Å²) < 4.78 is 37.9. The Morgan fingerprint density at radius 1 is 1.22 bits per heavy atom. The molecule has 0 amide bonds. The van der Waals surface area contributed by atoms with Gasteiger partial charge in [0, 0.05) is 51.5 Å². The van der Waals surface area contributed by atoms with Crippen LogP contribution in [0.4, 0.5) is 19.1 Å². The van der Waals surface area contributed by atoms with Crippen molar-refractivity contribution in [1.82, 2.24) is 25.5 Å². The molecule has 0 spiro atoms. The van der Waals surface area contributed by atoms with Gasteiger partial charge in [0.25, 0.3) is 0 Å². The Morgan fingerprint density at radius 3 is 2.59 bits per heavy atom. The summed E-state index contributed by atoms with van der Waals surface area (Å²) in [6.45, 7) is 3.10. The van der Waals surface area contributed by atoms with Crippen molar-refractivity contribution in [3.05, 3.63) is 18.0 Å². The van der Waals surface area contributed by atoms with E-state index >= 15 is 0 Å². The minimum Gasteiger partial charge on any atom is -0.355 e. The predicted octanol–water partition coefficient (Wildman–Crippen LogP) is 1.70. The van der Waals surface area contributed by atoms with E-state index < -0.39 is 11.9 Å². The largest absolute Gasteiger partial charge is 0.433 e. The molecule has 1 aliphatic carbocycles. The van der Waals surface area contributed by atoms with Gasteiger partial charge >= 0.3 is 6.18 Å². The van der Waals surface area contributed by atoms with Gasteiger partial charge in [0.15, 0.2) is 5.96 Å². The molecule has 2 fully saturated rings. The Labute approximate surface area is 156 Å². The first-order valence-electron chi connectivity index (χ1n) is 9.31. The Balaban J connectivity index is 1.36. The molecule has 0 bridgehead atoms. The van der Waals surface area contributed by atoms with E-state index in [-0.39, 0.29) is 5.95 Å². The highest BCUT2D eigenvalue weighted by atomic mass is 19.4. The number of likely N-dealkylation sites (tertiary alicyclic amines) is 1. The van der Waals surface area contributed by atoms with Gasteiger partial charge in [-0.25, -0.2) is 9.97 Å². The van der Waals surface area contributed by atoms with Crippen LogP contribution in [0.25, 0.3) is 0 Å². The molecule has 1 aromatic heterocycles. The highest BCUT2D eigenvalue weighted by molar-refractivity contribution is 5.80. The fraction of sp³-hybridized carbons (Fsp3) is 0.706. The molecule has 150 valence electrons. The van der Waals surface area contributed by atoms with Crippen LogP contribution in [-0.2, 0) is 6.18 Å². The number of piperidine rings is 1. The fourth-order valence-corrected chi connectivity index (χ4v) is 3.19. The Bertz CT molecular complexity index is 638. The summed E-state index contributed by atoms with van der Waals surface area (Å²) in [5.74, 6) is 0.661. The van der Waals surface area contributed by atoms with Crippen LogP contribution in [0.1, 0.15) is 31.4 Å². The van der Waals surface area contributed by atoms with Gasteiger partial charge < -0.3 is 20.9 Å².